The minimum atomic E-state index is -1.45. The molecule has 7 heteroatoms. The van der Waals surface area contributed by atoms with E-state index in [4.69, 9.17) is 9.84 Å². The number of aliphatic hydroxyl groups is 1. The minimum absolute atomic E-state index is 0.110. The van der Waals surface area contributed by atoms with Gasteiger partial charge in [-0.2, -0.15) is 0 Å². The van der Waals surface area contributed by atoms with Crippen LogP contribution in [0.1, 0.15) is 48.0 Å². The first-order valence-corrected chi connectivity index (χ1v) is 7.75. The largest absolute Gasteiger partial charge is 0.548 e. The van der Waals surface area contributed by atoms with E-state index in [-0.39, 0.29) is 13.0 Å². The summed E-state index contributed by atoms with van der Waals surface area (Å²) in [5, 5.41) is 21.1. The molecule has 0 aromatic rings. The number of carboxylic acid groups (broad SMARTS) is 1. The zero-order chi connectivity index (χ0) is 17.8. The van der Waals surface area contributed by atoms with Crippen LogP contribution in [0.3, 0.4) is 0 Å². The molecule has 0 saturated heterocycles. The second kappa shape index (κ2) is 12.2. The highest BCUT2D eigenvalue weighted by molar-refractivity contribution is 5.78. The molecule has 3 N–H and O–H groups in total. The summed E-state index contributed by atoms with van der Waals surface area (Å²) in [4.78, 5) is 23.3. The van der Waals surface area contributed by atoms with Gasteiger partial charge in [-0.25, -0.2) is 4.79 Å². The summed E-state index contributed by atoms with van der Waals surface area (Å²) in [5.74, 6) is -1.45. The zero-order valence-corrected chi connectivity index (χ0v) is 14.7. The molecule has 1 amide bonds. The highest BCUT2D eigenvalue weighted by atomic mass is 16.6. The lowest BCUT2D eigenvalue weighted by molar-refractivity contribution is -0.894. The molecule has 0 aliphatic heterocycles. The third-order valence-corrected chi connectivity index (χ3v) is 2.89. The number of hydrogen-bond donors (Lipinski definition) is 3. The van der Waals surface area contributed by atoms with Crippen molar-refractivity contribution in [3.05, 3.63) is 0 Å². The molecule has 0 aliphatic rings. The van der Waals surface area contributed by atoms with E-state index in [1.54, 1.807) is 25.7 Å². The Morgan fingerprint density at radius 1 is 1.18 bits per heavy atom. The number of aliphatic hydroxyl groups excluding tert-OH is 1. The second-order valence-corrected chi connectivity index (χ2v) is 5.84. The Morgan fingerprint density at radius 3 is 1.86 bits per heavy atom. The van der Waals surface area contributed by atoms with E-state index in [0.29, 0.717) is 0 Å². The number of amides is 1. The summed E-state index contributed by atoms with van der Waals surface area (Å²) in [6.45, 7) is 15.1. The molecular formula is C15H32N2O5. The first-order chi connectivity index (χ1) is 10.1. The van der Waals surface area contributed by atoms with Gasteiger partial charge in [-0.15, -0.1) is 0 Å². The standard InChI is InChI=1S/C9H17NO5.C6H15N/c1-9(2,3)15-8(14)10-6(4-5-11)7(12)13;1-4-7(5-2)6-3/h6,11H,4-5H2,1-3H3,(H,10,14)(H,12,13);4-6H2,1-3H3/t6-;/m1./s1. The molecule has 0 saturated carbocycles. The van der Waals surface area contributed by atoms with Crippen molar-refractivity contribution in [2.75, 3.05) is 26.2 Å². The summed E-state index contributed by atoms with van der Waals surface area (Å²) >= 11 is 0. The quantitative estimate of drug-likeness (QED) is 0.555. The van der Waals surface area contributed by atoms with E-state index in [0.717, 1.165) is 0 Å². The first-order valence-electron chi connectivity index (χ1n) is 7.75. The Labute approximate surface area is 133 Å². The monoisotopic (exact) mass is 320 g/mol. The van der Waals surface area contributed by atoms with Crippen LogP contribution in [-0.4, -0.2) is 55.1 Å². The average molecular weight is 320 g/mol. The Kier molecular flexibility index (Phi) is 12.7. The number of quaternary nitrogens is 1. The van der Waals surface area contributed by atoms with E-state index < -0.39 is 23.7 Å². The number of hydrogen-bond acceptors (Lipinski definition) is 5. The van der Waals surface area contributed by atoms with Crippen molar-refractivity contribution in [3.63, 3.8) is 0 Å². The normalized spacial score (nSPS) is 12.2. The van der Waals surface area contributed by atoms with Crippen molar-refractivity contribution in [2.45, 2.75) is 59.6 Å². The summed E-state index contributed by atoms with van der Waals surface area (Å²) in [5.41, 5.74) is -0.695. The van der Waals surface area contributed by atoms with Crippen molar-refractivity contribution in [3.8, 4) is 0 Å². The summed E-state index contributed by atoms with van der Waals surface area (Å²) in [7, 11) is 0. The average Bonchev–Trinajstić information content (AvgIpc) is 2.38. The van der Waals surface area contributed by atoms with Crippen LogP contribution in [0.15, 0.2) is 0 Å². The van der Waals surface area contributed by atoms with E-state index >= 15 is 0 Å². The molecule has 132 valence electrons. The van der Waals surface area contributed by atoms with Crippen LogP contribution in [0.4, 0.5) is 4.79 Å². The fourth-order valence-electron chi connectivity index (χ4n) is 1.58. The summed E-state index contributed by atoms with van der Waals surface area (Å²) in [6.07, 6.45) is -0.952. The van der Waals surface area contributed by atoms with Gasteiger partial charge in [-0.05, 0) is 48.0 Å². The molecule has 0 fully saturated rings. The highest BCUT2D eigenvalue weighted by Gasteiger charge is 2.19. The third-order valence-electron chi connectivity index (χ3n) is 2.89. The van der Waals surface area contributed by atoms with Crippen LogP contribution in [-0.2, 0) is 9.53 Å². The maximum atomic E-state index is 11.1. The van der Waals surface area contributed by atoms with Gasteiger partial charge in [0.05, 0.1) is 31.6 Å². The smallest absolute Gasteiger partial charge is 0.408 e. The van der Waals surface area contributed by atoms with Crippen molar-refractivity contribution in [2.24, 2.45) is 0 Å². The van der Waals surface area contributed by atoms with Gasteiger partial charge >= 0.3 is 6.09 Å². The molecule has 0 bridgehead atoms. The van der Waals surface area contributed by atoms with Gasteiger partial charge < -0.3 is 30.0 Å². The van der Waals surface area contributed by atoms with Crippen molar-refractivity contribution in [1.82, 2.24) is 5.32 Å². The van der Waals surface area contributed by atoms with Crippen LogP contribution < -0.4 is 15.3 Å². The number of alkyl carbamates (subject to hydrolysis) is 1. The Hall–Kier alpha value is -1.34. The minimum Gasteiger partial charge on any atom is -0.548 e. The fraction of sp³-hybridized carbons (Fsp3) is 0.867. The number of carbonyl (C=O) groups is 2. The lowest BCUT2D eigenvalue weighted by Crippen LogP contribution is -3.11. The Morgan fingerprint density at radius 2 is 1.64 bits per heavy atom. The predicted molar refractivity (Wildman–Crippen MR) is 82.5 cm³/mol. The van der Waals surface area contributed by atoms with Crippen molar-refractivity contribution < 1.29 is 29.4 Å². The number of carbonyl (C=O) groups excluding carboxylic acids is 2. The van der Waals surface area contributed by atoms with Crippen LogP contribution in [0.5, 0.6) is 0 Å². The van der Waals surface area contributed by atoms with E-state index in [9.17, 15) is 14.7 Å². The van der Waals surface area contributed by atoms with E-state index in [2.05, 4.69) is 26.1 Å². The van der Waals surface area contributed by atoms with Gasteiger partial charge in [0.15, 0.2) is 0 Å². The molecule has 0 aromatic heterocycles. The van der Waals surface area contributed by atoms with Crippen molar-refractivity contribution in [1.29, 1.82) is 0 Å². The van der Waals surface area contributed by atoms with Gasteiger partial charge in [-0.1, -0.05) is 0 Å². The molecule has 0 heterocycles. The fourth-order valence-corrected chi connectivity index (χ4v) is 1.58. The number of carboxylic acids is 1. The van der Waals surface area contributed by atoms with Crippen LogP contribution in [0.25, 0.3) is 0 Å². The Balaban J connectivity index is 0. The summed E-state index contributed by atoms with van der Waals surface area (Å²) < 4.78 is 4.84. The number of rotatable bonds is 7. The van der Waals surface area contributed by atoms with Crippen LogP contribution in [0.2, 0.25) is 0 Å². The van der Waals surface area contributed by atoms with E-state index in [1.807, 2.05) is 0 Å². The number of aliphatic carboxylic acids is 1. The Bertz CT molecular complexity index is 306. The molecule has 0 radical (unpaired) electrons. The maximum absolute atomic E-state index is 11.1. The predicted octanol–water partition coefficient (Wildman–Crippen LogP) is -1.06. The third kappa shape index (κ3) is 13.6. The molecule has 0 spiro atoms. The number of nitrogens with one attached hydrogen (secondary N) is 2. The zero-order valence-electron chi connectivity index (χ0n) is 14.7. The maximum Gasteiger partial charge on any atom is 0.408 e. The molecule has 1 atom stereocenters. The lowest BCUT2D eigenvalue weighted by atomic mass is 10.2. The van der Waals surface area contributed by atoms with Gasteiger partial charge in [-0.3, -0.25) is 0 Å². The molecule has 0 aromatic carbocycles. The van der Waals surface area contributed by atoms with Crippen LogP contribution >= 0.6 is 0 Å². The highest BCUT2D eigenvalue weighted by Crippen LogP contribution is 2.06. The molecule has 7 nitrogen and oxygen atoms in total. The molecular weight excluding hydrogens is 288 g/mol. The lowest BCUT2D eigenvalue weighted by Gasteiger charge is -2.23. The van der Waals surface area contributed by atoms with Crippen LogP contribution in [0, 0.1) is 0 Å². The molecule has 22 heavy (non-hydrogen) atoms. The van der Waals surface area contributed by atoms with Crippen molar-refractivity contribution >= 4 is 12.1 Å². The van der Waals surface area contributed by atoms with Gasteiger partial charge in [0.2, 0.25) is 0 Å². The van der Waals surface area contributed by atoms with E-state index in [1.165, 1.54) is 19.6 Å². The second-order valence-electron chi connectivity index (χ2n) is 5.84. The summed E-state index contributed by atoms with van der Waals surface area (Å²) in [6, 6.07) is -1.23. The molecule has 0 unspecified atom stereocenters. The van der Waals surface area contributed by atoms with Gasteiger partial charge in [0, 0.05) is 6.61 Å². The molecule has 0 aliphatic carbocycles. The van der Waals surface area contributed by atoms with Gasteiger partial charge in [0.1, 0.15) is 5.60 Å². The molecule has 0 rings (SSSR count). The van der Waals surface area contributed by atoms with Gasteiger partial charge in [0.25, 0.3) is 0 Å². The first kappa shape index (κ1) is 22.9. The number of ether oxygens (including phenoxy) is 1. The topological polar surface area (TPSA) is 103 Å². The SMILES string of the molecule is CC(C)(C)OC(=O)N[C@H](CCO)C(=O)[O-].CC[NH+](CC)CC.